The van der Waals surface area contributed by atoms with Gasteiger partial charge < -0.3 is 4.74 Å². The molecule has 0 radical (unpaired) electrons. The first-order valence-corrected chi connectivity index (χ1v) is 7.49. The summed E-state index contributed by atoms with van der Waals surface area (Å²) in [6.07, 6.45) is 5.80. The molecule has 1 heterocycles. The van der Waals surface area contributed by atoms with Gasteiger partial charge in [-0.2, -0.15) is 0 Å². The lowest BCUT2D eigenvalue weighted by Gasteiger charge is -1.93. The zero-order valence-corrected chi connectivity index (χ0v) is 10.2. The third kappa shape index (κ3) is 17.0. The van der Waals surface area contributed by atoms with Crippen molar-refractivity contribution in [2.75, 3.05) is 13.2 Å². The molecule has 1 aliphatic heterocycles. The summed E-state index contributed by atoms with van der Waals surface area (Å²) in [6, 6.07) is 0. The van der Waals surface area contributed by atoms with E-state index in [2.05, 4.69) is 18.6 Å². The van der Waals surface area contributed by atoms with Gasteiger partial charge in [-0.15, -0.1) is 9.10 Å². The average Bonchev–Trinajstić information content (AvgIpc) is 2.90. The topological polar surface area (TPSA) is 12.5 Å². The molecule has 2 heteroatoms. The van der Waals surface area contributed by atoms with Gasteiger partial charge in [0.15, 0.2) is 0 Å². The minimum atomic E-state index is 0.389. The number of hydrogen-bond acceptors (Lipinski definition) is 1. The van der Waals surface area contributed by atoms with Crippen LogP contribution in [0.2, 0.25) is 9.10 Å². The molecular weight excluding hydrogens is 160 g/mol. The SMILES string of the molecule is C1CO1.CCC[CH2][Mg][CH2]CCC. The fourth-order valence-electron chi connectivity index (χ4n) is 1.03. The van der Waals surface area contributed by atoms with Gasteiger partial charge in [0.25, 0.3) is 0 Å². The maximum absolute atomic E-state index is 4.50. The van der Waals surface area contributed by atoms with Crippen molar-refractivity contribution in [2.24, 2.45) is 0 Å². The van der Waals surface area contributed by atoms with Crippen LogP contribution in [0.3, 0.4) is 0 Å². The largest absolute Gasteiger partial charge is 0.377 e. The first-order valence-electron chi connectivity index (χ1n) is 5.49. The summed E-state index contributed by atoms with van der Waals surface area (Å²) in [5.41, 5.74) is 0. The molecule has 0 N–H and O–H groups in total. The molecule has 1 rings (SSSR count). The van der Waals surface area contributed by atoms with Crippen molar-refractivity contribution in [3.05, 3.63) is 0 Å². The monoisotopic (exact) mass is 182 g/mol. The van der Waals surface area contributed by atoms with E-state index in [1.807, 2.05) is 0 Å². The van der Waals surface area contributed by atoms with E-state index in [1.54, 1.807) is 9.10 Å². The number of epoxide rings is 1. The summed E-state index contributed by atoms with van der Waals surface area (Å²) in [4.78, 5) is 0. The lowest BCUT2D eigenvalue weighted by molar-refractivity contribution is 0.475. The molecule has 70 valence electrons. The normalized spacial score (nSPS) is 12.8. The first-order chi connectivity index (χ1) is 5.91. The van der Waals surface area contributed by atoms with Crippen LogP contribution in [0.15, 0.2) is 0 Å². The zero-order chi connectivity index (χ0) is 9.07. The molecule has 0 bridgehead atoms. The maximum Gasteiger partial charge on any atom is 0.364 e. The number of ether oxygens (including phenoxy) is 1. The summed E-state index contributed by atoms with van der Waals surface area (Å²) in [7, 11) is 0. The van der Waals surface area contributed by atoms with E-state index in [-0.39, 0.29) is 0 Å². The van der Waals surface area contributed by atoms with Crippen LogP contribution in [0.5, 0.6) is 0 Å². The fourth-order valence-corrected chi connectivity index (χ4v) is 3.09. The third-order valence-electron chi connectivity index (χ3n) is 1.91. The second kappa shape index (κ2) is 11.7. The average molecular weight is 183 g/mol. The Morgan fingerprint density at radius 2 is 1.42 bits per heavy atom. The Bertz CT molecular complexity index is 65.5. The molecule has 0 aromatic carbocycles. The van der Waals surface area contributed by atoms with Gasteiger partial charge in [-0.1, -0.05) is 39.5 Å². The second-order valence-electron chi connectivity index (χ2n) is 3.38. The zero-order valence-electron chi connectivity index (χ0n) is 8.77. The highest BCUT2D eigenvalue weighted by molar-refractivity contribution is 6.35. The summed E-state index contributed by atoms with van der Waals surface area (Å²) in [6.45, 7) is 6.57. The van der Waals surface area contributed by atoms with E-state index < -0.39 is 0 Å². The lowest BCUT2D eigenvalue weighted by Crippen LogP contribution is -1.87. The molecule has 0 atom stereocenters. The van der Waals surface area contributed by atoms with Gasteiger partial charge in [-0.05, 0) is 0 Å². The highest BCUT2D eigenvalue weighted by atomic mass is 24.5. The third-order valence-corrected chi connectivity index (χ3v) is 3.91. The van der Waals surface area contributed by atoms with E-state index in [0.29, 0.717) is 20.4 Å². The smallest absolute Gasteiger partial charge is 0.364 e. The highest BCUT2D eigenvalue weighted by Crippen LogP contribution is 1.99. The van der Waals surface area contributed by atoms with Crippen LogP contribution >= 0.6 is 0 Å². The minimum absolute atomic E-state index is 0.389. The molecule has 0 aliphatic carbocycles. The number of unbranched alkanes of at least 4 members (excludes halogenated alkanes) is 2. The molecule has 0 aromatic heterocycles. The Kier molecular flexibility index (Phi) is 12.4. The van der Waals surface area contributed by atoms with Gasteiger partial charge in [0.05, 0.1) is 13.2 Å². The van der Waals surface area contributed by atoms with Crippen LogP contribution in [-0.4, -0.2) is 33.6 Å². The molecule has 1 aliphatic rings. The van der Waals surface area contributed by atoms with Crippen molar-refractivity contribution in [1.29, 1.82) is 0 Å². The van der Waals surface area contributed by atoms with Gasteiger partial charge in [-0.25, -0.2) is 0 Å². The minimum Gasteiger partial charge on any atom is -0.377 e. The van der Waals surface area contributed by atoms with Crippen molar-refractivity contribution in [2.45, 2.75) is 48.6 Å². The van der Waals surface area contributed by atoms with Gasteiger partial charge in [0.1, 0.15) is 0 Å². The molecule has 1 nitrogen and oxygen atoms in total. The Balaban J connectivity index is 0.000000330. The van der Waals surface area contributed by atoms with Crippen LogP contribution in [0.4, 0.5) is 0 Å². The lowest BCUT2D eigenvalue weighted by atomic mass is 10.4. The van der Waals surface area contributed by atoms with E-state index in [9.17, 15) is 0 Å². The van der Waals surface area contributed by atoms with Crippen molar-refractivity contribution < 1.29 is 4.74 Å². The fraction of sp³-hybridized carbons (Fsp3) is 1.00. The quantitative estimate of drug-likeness (QED) is 0.349. The molecule has 0 amide bonds. The predicted octanol–water partition coefficient (Wildman–Crippen LogP) is 3.14. The van der Waals surface area contributed by atoms with Crippen LogP contribution < -0.4 is 0 Å². The molecule has 0 unspecified atom stereocenters. The maximum atomic E-state index is 4.50. The van der Waals surface area contributed by atoms with E-state index >= 15 is 0 Å². The second-order valence-corrected chi connectivity index (χ2v) is 5.50. The summed E-state index contributed by atoms with van der Waals surface area (Å²) >= 11 is 0.389. The standard InChI is InChI=1S/2C4H9.C2H4O.Mg/c2*1-3-4-2;1-2-3-1;/h2*1,3-4H2,2H3;1-2H2;. The van der Waals surface area contributed by atoms with Gasteiger partial charge in [0.2, 0.25) is 0 Å². The van der Waals surface area contributed by atoms with Gasteiger partial charge in [0, 0.05) is 0 Å². The number of hydrogen-bond donors (Lipinski definition) is 0. The predicted molar refractivity (Wildman–Crippen MR) is 56.0 cm³/mol. The van der Waals surface area contributed by atoms with Crippen LogP contribution in [0, 0.1) is 0 Å². The van der Waals surface area contributed by atoms with Crippen molar-refractivity contribution in [1.82, 2.24) is 0 Å². The first kappa shape index (κ1) is 12.7. The van der Waals surface area contributed by atoms with E-state index in [4.69, 9.17) is 0 Å². The van der Waals surface area contributed by atoms with Crippen LogP contribution in [0.1, 0.15) is 39.5 Å². The molecular formula is C10H22MgO. The van der Waals surface area contributed by atoms with Crippen LogP contribution in [0.25, 0.3) is 0 Å². The number of rotatable bonds is 6. The Morgan fingerprint density at radius 1 is 1.00 bits per heavy atom. The molecule has 12 heavy (non-hydrogen) atoms. The van der Waals surface area contributed by atoms with Gasteiger partial charge >= 0.3 is 20.4 Å². The van der Waals surface area contributed by atoms with Crippen LogP contribution in [-0.2, 0) is 4.74 Å². The Hall–Kier alpha value is 0.726. The van der Waals surface area contributed by atoms with E-state index in [0.717, 1.165) is 13.2 Å². The van der Waals surface area contributed by atoms with Crippen molar-refractivity contribution in [3.8, 4) is 0 Å². The molecule has 1 fully saturated rings. The highest BCUT2D eigenvalue weighted by Gasteiger charge is 1.94. The summed E-state index contributed by atoms with van der Waals surface area (Å²) in [5, 5.41) is 0. The molecule has 1 saturated heterocycles. The van der Waals surface area contributed by atoms with E-state index in [1.165, 1.54) is 25.7 Å². The Morgan fingerprint density at radius 3 is 1.67 bits per heavy atom. The Labute approximate surface area is 87.0 Å². The summed E-state index contributed by atoms with van der Waals surface area (Å²) in [5.74, 6) is 0. The van der Waals surface area contributed by atoms with Gasteiger partial charge in [-0.3, -0.25) is 0 Å². The molecule has 0 aromatic rings. The summed E-state index contributed by atoms with van der Waals surface area (Å²) < 4.78 is 7.69. The molecule has 0 saturated carbocycles. The van der Waals surface area contributed by atoms with Crippen molar-refractivity contribution in [3.63, 3.8) is 0 Å². The van der Waals surface area contributed by atoms with Crippen molar-refractivity contribution >= 4 is 20.4 Å². The molecule has 0 spiro atoms.